The summed E-state index contributed by atoms with van der Waals surface area (Å²) in [6.07, 6.45) is 1.01. The molecule has 1 saturated heterocycles. The minimum absolute atomic E-state index is 0.121. The predicted octanol–water partition coefficient (Wildman–Crippen LogP) is 3.28. The molecule has 1 fully saturated rings. The van der Waals surface area contributed by atoms with Crippen molar-refractivity contribution in [3.8, 4) is 5.69 Å². The Morgan fingerprint density at radius 2 is 2.13 bits per heavy atom. The van der Waals surface area contributed by atoms with E-state index in [1.807, 2.05) is 36.9 Å². The average molecular weight is 376 g/mol. The first kappa shape index (κ1) is 16.3. The van der Waals surface area contributed by atoms with Gasteiger partial charge in [-0.1, -0.05) is 22.0 Å². The van der Waals surface area contributed by atoms with Gasteiger partial charge in [0.1, 0.15) is 0 Å². The molecule has 5 heteroatoms. The van der Waals surface area contributed by atoms with E-state index in [1.54, 1.807) is 0 Å². The summed E-state index contributed by atoms with van der Waals surface area (Å²) in [6, 6.07) is 10.1. The normalized spacial score (nSPS) is 17.7. The summed E-state index contributed by atoms with van der Waals surface area (Å²) in [6.45, 7) is 6.28. The Hall–Kier alpha value is -1.59. The molecule has 0 saturated carbocycles. The van der Waals surface area contributed by atoms with E-state index in [0.29, 0.717) is 12.5 Å². The minimum atomic E-state index is 0.121. The molecule has 1 aliphatic heterocycles. The molecule has 1 aliphatic rings. The van der Waals surface area contributed by atoms with Gasteiger partial charge in [-0.15, -0.1) is 0 Å². The van der Waals surface area contributed by atoms with Crippen LogP contribution in [0.15, 0.2) is 34.8 Å². The third-order valence-corrected chi connectivity index (χ3v) is 5.13. The quantitative estimate of drug-likeness (QED) is 0.894. The smallest absolute Gasteiger partial charge is 0.255 e. The fourth-order valence-corrected chi connectivity index (χ4v) is 3.76. The van der Waals surface area contributed by atoms with E-state index in [9.17, 15) is 4.79 Å². The maximum absolute atomic E-state index is 12.9. The van der Waals surface area contributed by atoms with Gasteiger partial charge in [-0.25, -0.2) is 0 Å². The lowest BCUT2D eigenvalue weighted by Crippen LogP contribution is -2.30. The molecule has 1 atom stereocenters. The molecule has 122 valence electrons. The van der Waals surface area contributed by atoms with Crippen LogP contribution in [0.1, 0.15) is 28.2 Å². The molecule has 1 amide bonds. The number of aromatic nitrogens is 1. The summed E-state index contributed by atoms with van der Waals surface area (Å²) in [5.74, 6) is 0.558. The summed E-state index contributed by atoms with van der Waals surface area (Å²) >= 11 is 3.51. The number of carbonyl (C=O) groups excluding carboxylic acids is 1. The molecule has 0 spiro atoms. The van der Waals surface area contributed by atoms with Crippen LogP contribution in [0.25, 0.3) is 5.69 Å². The van der Waals surface area contributed by atoms with Crippen LogP contribution in [0.3, 0.4) is 0 Å². The van der Waals surface area contributed by atoms with Gasteiger partial charge < -0.3 is 15.2 Å². The monoisotopic (exact) mass is 375 g/mol. The highest BCUT2D eigenvalue weighted by Gasteiger charge is 2.28. The summed E-state index contributed by atoms with van der Waals surface area (Å²) in [5.41, 5.74) is 9.65. The first-order chi connectivity index (χ1) is 11.0. The van der Waals surface area contributed by atoms with E-state index in [2.05, 4.69) is 32.6 Å². The van der Waals surface area contributed by atoms with Crippen molar-refractivity contribution in [2.75, 3.05) is 19.6 Å². The van der Waals surface area contributed by atoms with E-state index in [4.69, 9.17) is 5.73 Å². The van der Waals surface area contributed by atoms with Crippen LogP contribution in [-0.2, 0) is 0 Å². The maximum atomic E-state index is 12.9. The number of rotatable bonds is 3. The Balaban J connectivity index is 1.93. The van der Waals surface area contributed by atoms with Crippen LogP contribution in [0, 0.1) is 19.8 Å². The second-order valence-corrected chi connectivity index (χ2v) is 7.16. The summed E-state index contributed by atoms with van der Waals surface area (Å²) < 4.78 is 3.16. The lowest BCUT2D eigenvalue weighted by molar-refractivity contribution is 0.0787. The van der Waals surface area contributed by atoms with Crippen LogP contribution in [0.5, 0.6) is 0 Å². The average Bonchev–Trinajstić information content (AvgIpc) is 3.11. The molecule has 2 heterocycles. The molecule has 2 N–H and O–H groups in total. The lowest BCUT2D eigenvalue weighted by Gasteiger charge is -2.16. The van der Waals surface area contributed by atoms with Gasteiger partial charge >= 0.3 is 0 Å². The van der Waals surface area contributed by atoms with Gasteiger partial charge in [-0.2, -0.15) is 0 Å². The molecule has 4 nitrogen and oxygen atoms in total. The highest BCUT2D eigenvalue weighted by molar-refractivity contribution is 9.10. The molecule has 1 aromatic carbocycles. The van der Waals surface area contributed by atoms with Crippen LogP contribution in [0.4, 0.5) is 0 Å². The zero-order valence-electron chi connectivity index (χ0n) is 13.6. The molecule has 0 radical (unpaired) electrons. The van der Waals surface area contributed by atoms with Gasteiger partial charge in [0.2, 0.25) is 0 Å². The van der Waals surface area contributed by atoms with E-state index >= 15 is 0 Å². The van der Waals surface area contributed by atoms with Crippen molar-refractivity contribution in [2.24, 2.45) is 11.7 Å². The van der Waals surface area contributed by atoms with Crippen LogP contribution in [0.2, 0.25) is 0 Å². The zero-order valence-corrected chi connectivity index (χ0v) is 15.1. The number of aryl methyl sites for hydroxylation is 1. The van der Waals surface area contributed by atoms with Gasteiger partial charge in [0, 0.05) is 34.6 Å². The fraction of sp³-hybridized carbons (Fsp3) is 0.389. The summed E-state index contributed by atoms with van der Waals surface area (Å²) in [5, 5.41) is 0. The van der Waals surface area contributed by atoms with Crippen LogP contribution >= 0.6 is 15.9 Å². The Labute approximate surface area is 145 Å². The number of benzene rings is 1. The Bertz CT molecular complexity index is 738. The number of nitrogens with two attached hydrogens (primary N) is 1. The van der Waals surface area contributed by atoms with Crippen molar-refractivity contribution >= 4 is 21.8 Å². The number of carbonyl (C=O) groups is 1. The highest BCUT2D eigenvalue weighted by atomic mass is 79.9. The largest absolute Gasteiger partial charge is 0.338 e. The van der Waals surface area contributed by atoms with Gasteiger partial charge in [-0.3, -0.25) is 4.79 Å². The molecule has 0 aliphatic carbocycles. The zero-order chi connectivity index (χ0) is 16.6. The van der Waals surface area contributed by atoms with E-state index in [0.717, 1.165) is 46.6 Å². The standard InChI is InChI=1S/C18H22BrN3O/c1-12-8-17(18(23)21-7-6-14(10-20)11-21)13(2)22(12)16-5-3-4-15(19)9-16/h3-5,8-9,14H,6-7,10-11,20H2,1-2H3. The molecule has 2 aromatic rings. The highest BCUT2D eigenvalue weighted by Crippen LogP contribution is 2.25. The molecule has 3 rings (SSSR count). The molecule has 0 bridgehead atoms. The Kier molecular flexibility index (Phi) is 4.60. The number of likely N-dealkylation sites (tertiary alicyclic amines) is 1. The molecule has 23 heavy (non-hydrogen) atoms. The maximum Gasteiger partial charge on any atom is 0.255 e. The first-order valence-corrected chi connectivity index (χ1v) is 8.74. The fourth-order valence-electron chi connectivity index (χ4n) is 3.37. The van der Waals surface area contributed by atoms with Crippen molar-refractivity contribution < 1.29 is 4.79 Å². The second kappa shape index (κ2) is 6.49. The van der Waals surface area contributed by atoms with Gasteiger partial charge in [0.05, 0.1) is 5.56 Å². The third kappa shape index (κ3) is 3.08. The summed E-state index contributed by atoms with van der Waals surface area (Å²) in [7, 11) is 0. The second-order valence-electron chi connectivity index (χ2n) is 6.24. The number of hydrogen-bond donors (Lipinski definition) is 1. The number of amides is 1. The van der Waals surface area contributed by atoms with Crippen molar-refractivity contribution in [3.05, 3.63) is 51.8 Å². The van der Waals surface area contributed by atoms with E-state index in [1.165, 1.54) is 0 Å². The minimum Gasteiger partial charge on any atom is -0.338 e. The SMILES string of the molecule is Cc1cc(C(=O)N2CCC(CN)C2)c(C)n1-c1cccc(Br)c1. The first-order valence-electron chi connectivity index (χ1n) is 7.95. The number of hydrogen-bond acceptors (Lipinski definition) is 2. The number of halogens is 1. The molecular weight excluding hydrogens is 354 g/mol. The van der Waals surface area contributed by atoms with Crippen molar-refractivity contribution in [1.82, 2.24) is 9.47 Å². The van der Waals surface area contributed by atoms with Crippen molar-refractivity contribution in [3.63, 3.8) is 0 Å². The van der Waals surface area contributed by atoms with Gasteiger partial charge in [0.15, 0.2) is 0 Å². The molecule has 1 unspecified atom stereocenters. The summed E-state index contributed by atoms with van der Waals surface area (Å²) in [4.78, 5) is 14.8. The number of nitrogens with zero attached hydrogens (tertiary/aromatic N) is 2. The van der Waals surface area contributed by atoms with Crippen molar-refractivity contribution in [2.45, 2.75) is 20.3 Å². The Morgan fingerprint density at radius 3 is 2.78 bits per heavy atom. The van der Waals surface area contributed by atoms with E-state index < -0.39 is 0 Å². The van der Waals surface area contributed by atoms with Gasteiger partial charge in [-0.05, 0) is 57.0 Å². The predicted molar refractivity (Wildman–Crippen MR) is 96.0 cm³/mol. The van der Waals surface area contributed by atoms with Crippen LogP contribution < -0.4 is 5.73 Å². The van der Waals surface area contributed by atoms with Gasteiger partial charge in [0.25, 0.3) is 5.91 Å². The Morgan fingerprint density at radius 1 is 1.35 bits per heavy atom. The molecule has 1 aromatic heterocycles. The van der Waals surface area contributed by atoms with E-state index in [-0.39, 0.29) is 5.91 Å². The van der Waals surface area contributed by atoms with Crippen LogP contribution in [-0.4, -0.2) is 35.0 Å². The lowest BCUT2D eigenvalue weighted by atomic mass is 10.1. The van der Waals surface area contributed by atoms with Crippen molar-refractivity contribution in [1.29, 1.82) is 0 Å². The third-order valence-electron chi connectivity index (χ3n) is 4.63. The molecular formula is C18H22BrN3O. The topological polar surface area (TPSA) is 51.3 Å².